The van der Waals surface area contributed by atoms with Crippen LogP contribution in [-0.4, -0.2) is 36.3 Å². The van der Waals surface area contributed by atoms with Gasteiger partial charge in [0.25, 0.3) is 0 Å². The van der Waals surface area contributed by atoms with E-state index in [-0.39, 0.29) is 0 Å². The van der Waals surface area contributed by atoms with E-state index in [9.17, 15) is 0 Å². The summed E-state index contributed by atoms with van der Waals surface area (Å²) in [6.07, 6.45) is 1.92. The minimum atomic E-state index is 0.779. The van der Waals surface area contributed by atoms with Crippen LogP contribution in [0, 0.1) is 0 Å². The third kappa shape index (κ3) is 2.50. The maximum absolute atomic E-state index is 5.37. The molecule has 1 aliphatic heterocycles. The summed E-state index contributed by atoms with van der Waals surface area (Å²) >= 11 is 1.71. The topological polar surface area (TPSA) is 38.2 Å². The number of anilines is 1. The highest BCUT2D eigenvalue weighted by molar-refractivity contribution is 7.21. The van der Waals surface area contributed by atoms with Crippen molar-refractivity contribution in [3.05, 3.63) is 42.6 Å². The lowest BCUT2D eigenvalue weighted by molar-refractivity contribution is 0.122. The molecule has 106 valence electrons. The van der Waals surface area contributed by atoms with Gasteiger partial charge in [-0.3, -0.25) is 0 Å². The molecule has 0 radical (unpaired) electrons. The third-order valence-corrected chi connectivity index (χ3v) is 4.71. The number of nitrogens with zero attached hydrogens (tertiary/aromatic N) is 3. The van der Waals surface area contributed by atoms with Gasteiger partial charge in [0.15, 0.2) is 0 Å². The Bertz CT molecular complexity index is 715. The fourth-order valence-corrected chi connectivity index (χ4v) is 3.44. The van der Waals surface area contributed by atoms with Crippen LogP contribution in [0.25, 0.3) is 20.8 Å². The second kappa shape index (κ2) is 5.42. The molecule has 1 saturated heterocycles. The van der Waals surface area contributed by atoms with Gasteiger partial charge in [0.05, 0.1) is 23.4 Å². The standard InChI is InChI=1S/C16H15N3OS/c1-2-4-14-13(3-1)18-16(21-14)12-5-6-15(17-11-12)19-7-9-20-10-8-19/h1-6,11H,7-10H2. The van der Waals surface area contributed by atoms with E-state index in [1.165, 1.54) is 4.70 Å². The summed E-state index contributed by atoms with van der Waals surface area (Å²) in [6.45, 7) is 3.38. The van der Waals surface area contributed by atoms with Gasteiger partial charge in [-0.15, -0.1) is 11.3 Å². The fourth-order valence-electron chi connectivity index (χ4n) is 2.49. The number of fused-ring (bicyclic) bond motifs is 1. The Morgan fingerprint density at radius 2 is 1.90 bits per heavy atom. The zero-order chi connectivity index (χ0) is 14.1. The number of benzene rings is 1. The van der Waals surface area contributed by atoms with Crippen molar-refractivity contribution >= 4 is 27.4 Å². The summed E-state index contributed by atoms with van der Waals surface area (Å²) in [7, 11) is 0. The highest BCUT2D eigenvalue weighted by Crippen LogP contribution is 2.30. The van der Waals surface area contributed by atoms with Gasteiger partial charge < -0.3 is 9.64 Å². The number of rotatable bonds is 2. The van der Waals surface area contributed by atoms with Crippen LogP contribution < -0.4 is 4.90 Å². The summed E-state index contributed by atoms with van der Waals surface area (Å²) in [5.41, 5.74) is 2.13. The van der Waals surface area contributed by atoms with Crippen molar-refractivity contribution in [3.63, 3.8) is 0 Å². The van der Waals surface area contributed by atoms with Crippen LogP contribution in [0.3, 0.4) is 0 Å². The van der Waals surface area contributed by atoms with E-state index in [2.05, 4.69) is 33.1 Å². The summed E-state index contributed by atoms with van der Waals surface area (Å²) in [5.74, 6) is 1.02. The van der Waals surface area contributed by atoms with Crippen molar-refractivity contribution in [1.29, 1.82) is 0 Å². The molecule has 0 spiro atoms. The highest BCUT2D eigenvalue weighted by atomic mass is 32.1. The lowest BCUT2D eigenvalue weighted by Crippen LogP contribution is -2.36. The maximum atomic E-state index is 5.37. The monoisotopic (exact) mass is 297 g/mol. The number of hydrogen-bond donors (Lipinski definition) is 0. The third-order valence-electron chi connectivity index (χ3n) is 3.62. The Hall–Kier alpha value is -1.98. The van der Waals surface area contributed by atoms with Crippen molar-refractivity contribution in [2.75, 3.05) is 31.2 Å². The van der Waals surface area contributed by atoms with E-state index in [1.54, 1.807) is 11.3 Å². The minimum absolute atomic E-state index is 0.779. The number of hydrogen-bond acceptors (Lipinski definition) is 5. The first kappa shape index (κ1) is 12.7. The van der Waals surface area contributed by atoms with Crippen molar-refractivity contribution in [2.45, 2.75) is 0 Å². The van der Waals surface area contributed by atoms with Gasteiger partial charge in [-0.2, -0.15) is 0 Å². The molecule has 21 heavy (non-hydrogen) atoms. The van der Waals surface area contributed by atoms with Crippen molar-refractivity contribution in [2.24, 2.45) is 0 Å². The number of ether oxygens (including phenoxy) is 1. The van der Waals surface area contributed by atoms with Crippen LogP contribution in [0.5, 0.6) is 0 Å². The smallest absolute Gasteiger partial charge is 0.128 e. The normalized spacial score (nSPS) is 15.5. The molecule has 1 aromatic carbocycles. The van der Waals surface area contributed by atoms with Crippen molar-refractivity contribution in [1.82, 2.24) is 9.97 Å². The molecule has 4 nitrogen and oxygen atoms in total. The minimum Gasteiger partial charge on any atom is -0.378 e. The Morgan fingerprint density at radius 3 is 2.67 bits per heavy atom. The second-order valence-corrected chi connectivity index (χ2v) is 6.02. The van der Waals surface area contributed by atoms with Crippen LogP contribution in [0.2, 0.25) is 0 Å². The fraction of sp³-hybridized carbons (Fsp3) is 0.250. The van der Waals surface area contributed by atoms with E-state index >= 15 is 0 Å². The molecule has 3 aromatic rings. The molecule has 0 saturated carbocycles. The molecule has 4 rings (SSSR count). The van der Waals surface area contributed by atoms with Gasteiger partial charge in [0.1, 0.15) is 10.8 Å². The first-order valence-corrected chi connectivity index (χ1v) is 7.86. The molecular formula is C16H15N3OS. The van der Waals surface area contributed by atoms with Crippen LogP contribution in [0.4, 0.5) is 5.82 Å². The molecule has 0 N–H and O–H groups in total. The summed E-state index contributed by atoms with van der Waals surface area (Å²) in [6, 6.07) is 12.4. The molecule has 2 aromatic heterocycles. The molecule has 0 amide bonds. The van der Waals surface area contributed by atoms with Crippen LogP contribution in [0.15, 0.2) is 42.6 Å². The maximum Gasteiger partial charge on any atom is 0.128 e. The number of para-hydroxylation sites is 1. The molecule has 0 aliphatic carbocycles. The van der Waals surface area contributed by atoms with Crippen molar-refractivity contribution in [3.8, 4) is 10.6 Å². The Morgan fingerprint density at radius 1 is 1.05 bits per heavy atom. The first-order valence-electron chi connectivity index (χ1n) is 7.05. The van der Waals surface area contributed by atoms with Gasteiger partial charge >= 0.3 is 0 Å². The van der Waals surface area contributed by atoms with E-state index in [0.29, 0.717) is 0 Å². The van der Waals surface area contributed by atoms with Gasteiger partial charge in [0.2, 0.25) is 0 Å². The molecule has 1 aliphatic rings. The Balaban J connectivity index is 1.63. The molecule has 0 bridgehead atoms. The van der Waals surface area contributed by atoms with Gasteiger partial charge in [-0.25, -0.2) is 9.97 Å². The average Bonchev–Trinajstić information content (AvgIpc) is 3.00. The zero-order valence-electron chi connectivity index (χ0n) is 11.5. The summed E-state index contributed by atoms with van der Waals surface area (Å²) in [5, 5.41) is 1.03. The van der Waals surface area contributed by atoms with Crippen LogP contribution >= 0.6 is 11.3 Å². The molecule has 1 fully saturated rings. The highest BCUT2D eigenvalue weighted by Gasteiger charge is 2.13. The second-order valence-electron chi connectivity index (χ2n) is 4.99. The first-order chi connectivity index (χ1) is 10.4. The number of thiazole rings is 1. The van der Waals surface area contributed by atoms with Gasteiger partial charge in [0, 0.05) is 24.8 Å². The molecule has 3 heterocycles. The number of morpholine rings is 1. The van der Waals surface area contributed by atoms with E-state index in [1.807, 2.05) is 24.4 Å². The van der Waals surface area contributed by atoms with E-state index in [0.717, 1.165) is 48.2 Å². The van der Waals surface area contributed by atoms with E-state index < -0.39 is 0 Å². The Kier molecular flexibility index (Phi) is 3.29. The average molecular weight is 297 g/mol. The predicted molar refractivity (Wildman–Crippen MR) is 85.9 cm³/mol. The summed E-state index contributed by atoms with van der Waals surface area (Å²) < 4.78 is 6.58. The molecule has 5 heteroatoms. The number of pyridine rings is 1. The molecule has 0 unspecified atom stereocenters. The molecular weight excluding hydrogens is 282 g/mol. The predicted octanol–water partition coefficient (Wildman–Crippen LogP) is 3.19. The van der Waals surface area contributed by atoms with Crippen LogP contribution in [0.1, 0.15) is 0 Å². The van der Waals surface area contributed by atoms with E-state index in [4.69, 9.17) is 4.74 Å². The van der Waals surface area contributed by atoms with Crippen LogP contribution in [-0.2, 0) is 4.74 Å². The quantitative estimate of drug-likeness (QED) is 0.728. The number of aromatic nitrogens is 2. The summed E-state index contributed by atoms with van der Waals surface area (Å²) in [4.78, 5) is 11.5. The zero-order valence-corrected chi connectivity index (χ0v) is 12.3. The van der Waals surface area contributed by atoms with Gasteiger partial charge in [-0.1, -0.05) is 12.1 Å². The lowest BCUT2D eigenvalue weighted by atomic mass is 10.3. The lowest BCUT2D eigenvalue weighted by Gasteiger charge is -2.27. The Labute approximate surface area is 127 Å². The molecule has 0 atom stereocenters. The van der Waals surface area contributed by atoms with Gasteiger partial charge in [-0.05, 0) is 24.3 Å². The largest absolute Gasteiger partial charge is 0.378 e. The van der Waals surface area contributed by atoms with Crippen molar-refractivity contribution < 1.29 is 4.74 Å². The SMILES string of the molecule is c1ccc2sc(-c3ccc(N4CCOCC4)nc3)nc2c1.